The third-order valence-corrected chi connectivity index (χ3v) is 3.56. The van der Waals surface area contributed by atoms with Crippen LogP contribution in [0, 0.1) is 0 Å². The highest BCUT2D eigenvalue weighted by Crippen LogP contribution is 2.36. The van der Waals surface area contributed by atoms with Crippen molar-refractivity contribution < 1.29 is 14.7 Å². The van der Waals surface area contributed by atoms with Crippen molar-refractivity contribution in [3.05, 3.63) is 64.1 Å². The Bertz CT molecular complexity index is 781. The molecule has 21 heavy (non-hydrogen) atoms. The second-order valence-electron chi connectivity index (χ2n) is 4.78. The summed E-state index contributed by atoms with van der Waals surface area (Å²) in [7, 11) is 0. The van der Waals surface area contributed by atoms with Crippen LogP contribution in [0.5, 0.6) is 0 Å². The zero-order valence-electron chi connectivity index (χ0n) is 10.9. The highest BCUT2D eigenvalue weighted by molar-refractivity contribution is 6.08. The highest BCUT2D eigenvalue weighted by Gasteiger charge is 2.37. The van der Waals surface area contributed by atoms with Crippen molar-refractivity contribution in [3.8, 4) is 0 Å². The van der Waals surface area contributed by atoms with Crippen LogP contribution in [0.2, 0.25) is 0 Å². The zero-order valence-corrected chi connectivity index (χ0v) is 10.9. The average Bonchev–Trinajstić information content (AvgIpc) is 2.87. The summed E-state index contributed by atoms with van der Waals surface area (Å²) in [5, 5.41) is 9.28. The lowest BCUT2D eigenvalue weighted by Gasteiger charge is -2.16. The Balaban J connectivity index is 2.05. The van der Waals surface area contributed by atoms with Gasteiger partial charge in [0.25, 0.3) is 11.5 Å². The Labute approximate surface area is 119 Å². The topological polar surface area (TPSA) is 90.5 Å². The van der Waals surface area contributed by atoms with Crippen molar-refractivity contribution in [2.45, 2.75) is 5.92 Å². The minimum atomic E-state index is -0.986. The number of nitrogens with one attached hydrogen (secondary N) is 1. The minimum absolute atomic E-state index is 0.00154. The molecule has 2 aromatic rings. The van der Waals surface area contributed by atoms with Gasteiger partial charge in [-0.15, -0.1) is 0 Å². The SMILES string of the molecule is O=C(O)C1CN(C(=O)c2ccc[nH]c2=O)c2ccccc21. The summed E-state index contributed by atoms with van der Waals surface area (Å²) in [5.74, 6) is -2.25. The van der Waals surface area contributed by atoms with Crippen molar-refractivity contribution in [1.82, 2.24) is 4.98 Å². The number of fused-ring (bicyclic) bond motifs is 1. The van der Waals surface area contributed by atoms with Crippen LogP contribution in [0.25, 0.3) is 0 Å². The number of hydrogen-bond acceptors (Lipinski definition) is 3. The molecule has 1 aromatic heterocycles. The van der Waals surface area contributed by atoms with Crippen molar-refractivity contribution in [2.24, 2.45) is 0 Å². The van der Waals surface area contributed by atoms with Gasteiger partial charge in [-0.3, -0.25) is 14.4 Å². The van der Waals surface area contributed by atoms with Crippen LogP contribution in [-0.2, 0) is 4.79 Å². The van der Waals surface area contributed by atoms with Gasteiger partial charge in [-0.05, 0) is 23.8 Å². The third-order valence-electron chi connectivity index (χ3n) is 3.56. The monoisotopic (exact) mass is 284 g/mol. The molecule has 106 valence electrons. The van der Waals surface area contributed by atoms with Crippen molar-refractivity contribution in [3.63, 3.8) is 0 Å². The van der Waals surface area contributed by atoms with Gasteiger partial charge in [-0.25, -0.2) is 0 Å². The van der Waals surface area contributed by atoms with E-state index in [4.69, 9.17) is 0 Å². The maximum Gasteiger partial charge on any atom is 0.312 e. The predicted molar refractivity (Wildman–Crippen MR) is 75.6 cm³/mol. The van der Waals surface area contributed by atoms with Gasteiger partial charge in [0.1, 0.15) is 11.5 Å². The third kappa shape index (κ3) is 2.10. The van der Waals surface area contributed by atoms with Crippen LogP contribution in [0.15, 0.2) is 47.4 Å². The summed E-state index contributed by atoms with van der Waals surface area (Å²) in [4.78, 5) is 39.4. The molecule has 1 aliphatic rings. The first-order chi connectivity index (χ1) is 10.1. The number of nitrogens with zero attached hydrogens (tertiary/aromatic N) is 1. The molecule has 3 rings (SSSR count). The molecule has 0 saturated heterocycles. The number of pyridine rings is 1. The van der Waals surface area contributed by atoms with Crippen molar-refractivity contribution in [2.75, 3.05) is 11.4 Å². The molecule has 0 fully saturated rings. The lowest BCUT2D eigenvalue weighted by Crippen LogP contribution is -2.34. The second kappa shape index (κ2) is 4.90. The Kier molecular flexibility index (Phi) is 3.06. The Morgan fingerprint density at radius 1 is 1.19 bits per heavy atom. The second-order valence-corrected chi connectivity index (χ2v) is 4.78. The molecular weight excluding hydrogens is 272 g/mol. The van der Waals surface area contributed by atoms with E-state index in [1.165, 1.54) is 17.2 Å². The van der Waals surface area contributed by atoms with Crippen molar-refractivity contribution >= 4 is 17.6 Å². The Hall–Kier alpha value is -2.89. The fraction of sp³-hybridized carbons (Fsp3) is 0.133. The quantitative estimate of drug-likeness (QED) is 0.867. The van der Waals surface area contributed by atoms with Crippen LogP contribution in [0.3, 0.4) is 0 Å². The Morgan fingerprint density at radius 3 is 2.67 bits per heavy atom. The maximum atomic E-state index is 12.5. The van der Waals surface area contributed by atoms with E-state index < -0.39 is 23.4 Å². The zero-order chi connectivity index (χ0) is 15.0. The first-order valence-corrected chi connectivity index (χ1v) is 6.41. The molecule has 1 aliphatic heterocycles. The first-order valence-electron chi connectivity index (χ1n) is 6.41. The number of H-pyrrole nitrogens is 1. The van der Waals surface area contributed by atoms with E-state index in [-0.39, 0.29) is 12.1 Å². The molecule has 2 heterocycles. The minimum Gasteiger partial charge on any atom is -0.481 e. The molecule has 1 amide bonds. The van der Waals surface area contributed by atoms with Gasteiger partial charge >= 0.3 is 5.97 Å². The number of carbonyl (C=O) groups excluding carboxylic acids is 1. The van der Waals surface area contributed by atoms with Crippen LogP contribution in [0.1, 0.15) is 21.8 Å². The molecule has 6 nitrogen and oxygen atoms in total. The number of aromatic amines is 1. The van der Waals surface area contributed by atoms with Crippen LogP contribution in [0.4, 0.5) is 5.69 Å². The van der Waals surface area contributed by atoms with E-state index >= 15 is 0 Å². The van der Waals surface area contributed by atoms with Crippen molar-refractivity contribution in [1.29, 1.82) is 0 Å². The predicted octanol–water partition coefficient (Wildman–Crippen LogP) is 1.20. The van der Waals surface area contributed by atoms with Gasteiger partial charge in [-0.2, -0.15) is 0 Å². The van der Waals surface area contributed by atoms with Gasteiger partial charge in [-0.1, -0.05) is 18.2 Å². The number of carboxylic acids is 1. The van der Waals surface area contributed by atoms with Crippen LogP contribution < -0.4 is 10.5 Å². The standard InChI is InChI=1S/C15H12N2O4/c18-13-10(5-3-7-16-13)14(19)17-8-11(15(20)21)9-4-1-2-6-12(9)17/h1-7,11H,8H2,(H,16,18)(H,20,21). The summed E-state index contributed by atoms with van der Waals surface area (Å²) < 4.78 is 0. The summed E-state index contributed by atoms with van der Waals surface area (Å²) in [6.07, 6.45) is 1.44. The van der Waals surface area contributed by atoms with E-state index in [1.807, 2.05) is 0 Å². The molecule has 0 radical (unpaired) electrons. The van der Waals surface area contributed by atoms with E-state index in [0.717, 1.165) is 0 Å². The van der Waals surface area contributed by atoms with Crippen LogP contribution in [-0.4, -0.2) is 28.5 Å². The summed E-state index contributed by atoms with van der Waals surface area (Å²) in [6.45, 7) is 0.0296. The number of amides is 1. The van der Waals surface area contributed by atoms with E-state index in [9.17, 15) is 19.5 Å². The number of hydrogen-bond donors (Lipinski definition) is 2. The number of aromatic nitrogens is 1. The smallest absolute Gasteiger partial charge is 0.312 e. The largest absolute Gasteiger partial charge is 0.481 e. The highest BCUT2D eigenvalue weighted by atomic mass is 16.4. The van der Waals surface area contributed by atoms with Gasteiger partial charge in [0.05, 0.1) is 0 Å². The maximum absolute atomic E-state index is 12.5. The fourth-order valence-electron chi connectivity index (χ4n) is 2.55. The first kappa shape index (κ1) is 13.1. The van der Waals surface area contributed by atoms with E-state index in [0.29, 0.717) is 11.3 Å². The molecule has 0 spiro atoms. The van der Waals surface area contributed by atoms with Crippen LogP contribution >= 0.6 is 0 Å². The van der Waals surface area contributed by atoms with Gasteiger partial charge in [0.15, 0.2) is 0 Å². The Morgan fingerprint density at radius 2 is 1.95 bits per heavy atom. The molecule has 1 atom stereocenters. The molecule has 2 N–H and O–H groups in total. The summed E-state index contributed by atoms with van der Waals surface area (Å²) in [6, 6.07) is 9.84. The number of aliphatic carboxylic acids is 1. The average molecular weight is 284 g/mol. The normalized spacial score (nSPS) is 16.6. The number of anilines is 1. The van der Waals surface area contributed by atoms with E-state index in [2.05, 4.69) is 4.98 Å². The molecule has 0 saturated carbocycles. The fourth-order valence-corrected chi connectivity index (χ4v) is 2.55. The van der Waals surface area contributed by atoms with Gasteiger partial charge in [0, 0.05) is 18.4 Å². The van der Waals surface area contributed by atoms with Gasteiger partial charge in [0.2, 0.25) is 0 Å². The molecule has 1 aromatic carbocycles. The lowest BCUT2D eigenvalue weighted by atomic mass is 10.0. The number of para-hydroxylation sites is 1. The number of carbonyl (C=O) groups is 2. The number of carboxylic acid groups (broad SMARTS) is 1. The number of benzene rings is 1. The summed E-state index contributed by atoms with van der Waals surface area (Å²) in [5.41, 5.74) is 0.640. The van der Waals surface area contributed by atoms with Gasteiger partial charge < -0.3 is 15.0 Å². The molecule has 0 aliphatic carbocycles. The summed E-state index contributed by atoms with van der Waals surface area (Å²) >= 11 is 0. The molecule has 1 unspecified atom stereocenters. The molecule has 0 bridgehead atoms. The molecule has 6 heteroatoms. The lowest BCUT2D eigenvalue weighted by molar-refractivity contribution is -0.138. The molecular formula is C15H12N2O4. The number of rotatable bonds is 2. The van der Waals surface area contributed by atoms with E-state index in [1.54, 1.807) is 30.3 Å².